The molecular weight excluding hydrogens is 258 g/mol. The number of carboxylic acids is 1. The fourth-order valence-electron chi connectivity index (χ4n) is 1.84. The topological polar surface area (TPSA) is 75.6 Å². The molecule has 0 aliphatic carbocycles. The molecule has 2 atom stereocenters. The van der Waals surface area contributed by atoms with Gasteiger partial charge in [-0.2, -0.15) is 0 Å². The van der Waals surface area contributed by atoms with Gasteiger partial charge in [0.2, 0.25) is 5.91 Å². The summed E-state index contributed by atoms with van der Waals surface area (Å²) in [4.78, 5) is 22.6. The van der Waals surface area contributed by atoms with Gasteiger partial charge in [0, 0.05) is 12.5 Å². The fourth-order valence-corrected chi connectivity index (χ4v) is 1.84. The van der Waals surface area contributed by atoms with Crippen LogP contribution in [-0.2, 0) is 9.59 Å². The molecule has 0 fully saturated rings. The van der Waals surface area contributed by atoms with Gasteiger partial charge >= 0.3 is 5.97 Å². The molecule has 1 aromatic carbocycles. The van der Waals surface area contributed by atoms with E-state index in [9.17, 15) is 9.59 Å². The van der Waals surface area contributed by atoms with Crippen molar-refractivity contribution in [2.75, 3.05) is 7.11 Å². The maximum Gasteiger partial charge on any atom is 0.303 e. The van der Waals surface area contributed by atoms with Crippen LogP contribution in [0.25, 0.3) is 0 Å². The summed E-state index contributed by atoms with van der Waals surface area (Å²) in [5, 5.41) is 11.4. The minimum absolute atomic E-state index is 0.0506. The summed E-state index contributed by atoms with van der Waals surface area (Å²) in [7, 11) is 1.58. The van der Waals surface area contributed by atoms with Crippen LogP contribution in [0.3, 0.4) is 0 Å². The number of carbonyl (C=O) groups excluding carboxylic acids is 1. The first-order valence-electron chi connectivity index (χ1n) is 6.60. The molecule has 0 aromatic heterocycles. The first-order chi connectivity index (χ1) is 9.43. The molecule has 110 valence electrons. The number of nitrogens with one attached hydrogen (secondary N) is 1. The second-order valence-electron chi connectivity index (χ2n) is 4.84. The number of ether oxygens (including phenoxy) is 1. The van der Waals surface area contributed by atoms with Crippen LogP contribution in [0.2, 0.25) is 0 Å². The summed E-state index contributed by atoms with van der Waals surface area (Å²) in [5.41, 5.74) is 0.868. The summed E-state index contributed by atoms with van der Waals surface area (Å²) in [5.74, 6) is -0.568. The van der Waals surface area contributed by atoms with Gasteiger partial charge < -0.3 is 15.2 Å². The first-order valence-corrected chi connectivity index (χ1v) is 6.60. The Morgan fingerprint density at radius 2 is 2.05 bits per heavy atom. The summed E-state index contributed by atoms with van der Waals surface area (Å²) in [6.45, 7) is 3.62. The molecule has 0 spiro atoms. The molecule has 2 unspecified atom stereocenters. The van der Waals surface area contributed by atoms with Crippen LogP contribution in [-0.4, -0.2) is 30.1 Å². The van der Waals surface area contributed by atoms with Crippen molar-refractivity contribution in [3.63, 3.8) is 0 Å². The highest BCUT2D eigenvalue weighted by molar-refractivity contribution is 5.83. The predicted molar refractivity (Wildman–Crippen MR) is 75.9 cm³/mol. The highest BCUT2D eigenvalue weighted by Crippen LogP contribution is 2.20. The Kier molecular flexibility index (Phi) is 6.03. The SMILES string of the molecule is COc1cccc(C(C)C(=O)NC(C)CCC(=O)O)c1. The number of benzene rings is 1. The van der Waals surface area contributed by atoms with E-state index in [1.165, 1.54) is 0 Å². The third-order valence-electron chi connectivity index (χ3n) is 3.17. The van der Waals surface area contributed by atoms with E-state index in [4.69, 9.17) is 9.84 Å². The van der Waals surface area contributed by atoms with Gasteiger partial charge in [0.25, 0.3) is 0 Å². The van der Waals surface area contributed by atoms with Crippen molar-refractivity contribution < 1.29 is 19.4 Å². The van der Waals surface area contributed by atoms with Crippen molar-refractivity contribution in [1.82, 2.24) is 5.32 Å². The van der Waals surface area contributed by atoms with Crippen LogP contribution in [0.5, 0.6) is 5.75 Å². The Labute approximate surface area is 118 Å². The fraction of sp³-hybridized carbons (Fsp3) is 0.467. The lowest BCUT2D eigenvalue weighted by Gasteiger charge is -2.17. The largest absolute Gasteiger partial charge is 0.497 e. The molecular formula is C15H21NO4. The molecule has 0 bridgehead atoms. The lowest BCUT2D eigenvalue weighted by Crippen LogP contribution is -2.35. The number of rotatable bonds is 7. The second-order valence-corrected chi connectivity index (χ2v) is 4.84. The molecule has 0 radical (unpaired) electrons. The molecule has 5 nitrogen and oxygen atoms in total. The zero-order valence-electron chi connectivity index (χ0n) is 12.1. The maximum absolute atomic E-state index is 12.1. The van der Waals surface area contributed by atoms with E-state index in [1.807, 2.05) is 31.2 Å². The number of hydrogen-bond acceptors (Lipinski definition) is 3. The van der Waals surface area contributed by atoms with E-state index in [-0.39, 0.29) is 24.3 Å². The molecule has 0 heterocycles. The monoisotopic (exact) mass is 279 g/mol. The Balaban J connectivity index is 2.59. The molecule has 1 rings (SSSR count). The van der Waals surface area contributed by atoms with E-state index in [0.717, 1.165) is 5.56 Å². The summed E-state index contributed by atoms with van der Waals surface area (Å²) >= 11 is 0. The van der Waals surface area contributed by atoms with Crippen LogP contribution in [0.4, 0.5) is 0 Å². The minimum Gasteiger partial charge on any atom is -0.497 e. The molecule has 2 N–H and O–H groups in total. The molecule has 1 aromatic rings. The molecule has 0 saturated carbocycles. The number of methoxy groups -OCH3 is 1. The highest BCUT2D eigenvalue weighted by Gasteiger charge is 2.18. The molecule has 0 aliphatic rings. The zero-order valence-corrected chi connectivity index (χ0v) is 12.1. The normalized spacial score (nSPS) is 13.3. The quantitative estimate of drug-likeness (QED) is 0.802. The maximum atomic E-state index is 12.1. The van der Waals surface area contributed by atoms with Gasteiger partial charge in [-0.05, 0) is 38.0 Å². The summed E-state index contributed by atoms with van der Waals surface area (Å²) in [6, 6.07) is 7.20. The molecule has 0 aliphatic heterocycles. The van der Waals surface area contributed by atoms with E-state index in [2.05, 4.69) is 5.32 Å². The molecule has 20 heavy (non-hydrogen) atoms. The average Bonchev–Trinajstić information content (AvgIpc) is 2.44. The van der Waals surface area contributed by atoms with Crippen molar-refractivity contribution in [1.29, 1.82) is 0 Å². The van der Waals surface area contributed by atoms with E-state index >= 15 is 0 Å². The zero-order chi connectivity index (χ0) is 15.1. The standard InChI is InChI=1S/C15H21NO4/c1-10(7-8-14(17)18)16-15(19)11(2)12-5-4-6-13(9-12)20-3/h4-6,9-11H,7-8H2,1-3H3,(H,16,19)(H,17,18). The van der Waals surface area contributed by atoms with Gasteiger partial charge in [0.1, 0.15) is 5.75 Å². The van der Waals surface area contributed by atoms with E-state index in [1.54, 1.807) is 14.0 Å². The number of carboxylic acid groups (broad SMARTS) is 1. The van der Waals surface area contributed by atoms with Gasteiger partial charge in [-0.25, -0.2) is 0 Å². The smallest absolute Gasteiger partial charge is 0.303 e. The van der Waals surface area contributed by atoms with Crippen LogP contribution >= 0.6 is 0 Å². The number of carbonyl (C=O) groups is 2. The number of amides is 1. The Morgan fingerprint density at radius 3 is 2.65 bits per heavy atom. The number of aliphatic carboxylic acids is 1. The second kappa shape index (κ2) is 7.53. The summed E-state index contributed by atoms with van der Waals surface area (Å²) < 4.78 is 5.13. The lowest BCUT2D eigenvalue weighted by molar-refractivity contribution is -0.137. The highest BCUT2D eigenvalue weighted by atomic mass is 16.5. The number of hydrogen-bond donors (Lipinski definition) is 2. The minimum atomic E-state index is -0.855. The van der Waals surface area contributed by atoms with Crippen molar-refractivity contribution in [3.05, 3.63) is 29.8 Å². The molecule has 5 heteroatoms. The van der Waals surface area contributed by atoms with Crippen molar-refractivity contribution in [2.45, 2.75) is 38.6 Å². The van der Waals surface area contributed by atoms with Crippen LogP contribution < -0.4 is 10.1 Å². The lowest BCUT2D eigenvalue weighted by atomic mass is 9.99. The van der Waals surface area contributed by atoms with Crippen molar-refractivity contribution in [3.8, 4) is 5.75 Å². The van der Waals surface area contributed by atoms with E-state index < -0.39 is 5.97 Å². The average molecular weight is 279 g/mol. The molecule has 0 saturated heterocycles. The van der Waals surface area contributed by atoms with Crippen LogP contribution in [0.1, 0.15) is 38.2 Å². The van der Waals surface area contributed by atoms with Gasteiger partial charge in [0.15, 0.2) is 0 Å². The van der Waals surface area contributed by atoms with Gasteiger partial charge in [0.05, 0.1) is 13.0 Å². The molecule has 1 amide bonds. The first kappa shape index (κ1) is 16.0. The van der Waals surface area contributed by atoms with Crippen LogP contribution in [0.15, 0.2) is 24.3 Å². The van der Waals surface area contributed by atoms with Crippen molar-refractivity contribution in [2.24, 2.45) is 0 Å². The van der Waals surface area contributed by atoms with Gasteiger partial charge in [-0.3, -0.25) is 9.59 Å². The van der Waals surface area contributed by atoms with Crippen LogP contribution in [0, 0.1) is 0 Å². The summed E-state index contributed by atoms with van der Waals surface area (Å²) in [6.07, 6.45) is 0.473. The third kappa shape index (κ3) is 4.91. The Morgan fingerprint density at radius 1 is 1.35 bits per heavy atom. The Bertz CT molecular complexity index is 473. The third-order valence-corrected chi connectivity index (χ3v) is 3.17. The van der Waals surface area contributed by atoms with E-state index in [0.29, 0.717) is 12.2 Å². The van der Waals surface area contributed by atoms with Gasteiger partial charge in [-0.1, -0.05) is 12.1 Å². The van der Waals surface area contributed by atoms with Crippen molar-refractivity contribution >= 4 is 11.9 Å². The Hall–Kier alpha value is -2.04. The predicted octanol–water partition coefficient (Wildman–Crippen LogP) is 2.17. The van der Waals surface area contributed by atoms with Gasteiger partial charge in [-0.15, -0.1) is 0 Å².